The molecule has 70 heavy (non-hydrogen) atoms. The van der Waals surface area contributed by atoms with Crippen LogP contribution in [0.2, 0.25) is 5.15 Å². The van der Waals surface area contributed by atoms with Crippen LogP contribution in [0.15, 0.2) is 48.5 Å². The van der Waals surface area contributed by atoms with Crippen LogP contribution in [0.25, 0.3) is 22.1 Å². The molecule has 0 atom stereocenters. The van der Waals surface area contributed by atoms with Crippen LogP contribution in [-0.4, -0.2) is 84.8 Å². The molecule has 20 heteroatoms. The van der Waals surface area contributed by atoms with E-state index in [-0.39, 0.29) is 29.4 Å². The fourth-order valence-corrected chi connectivity index (χ4v) is 8.45. The molecule has 2 aromatic carbocycles. The molecule has 1 aliphatic heterocycles. The van der Waals surface area contributed by atoms with Crippen LogP contribution in [0.1, 0.15) is 99.4 Å². The number of pyridine rings is 2. The Bertz CT molecular complexity index is 2890. The van der Waals surface area contributed by atoms with Crippen LogP contribution in [0.5, 0.6) is 5.88 Å². The van der Waals surface area contributed by atoms with Crippen molar-refractivity contribution in [2.24, 2.45) is 0 Å². The third-order valence-electron chi connectivity index (χ3n) is 12.4. The molecule has 0 radical (unpaired) electrons. The van der Waals surface area contributed by atoms with Gasteiger partial charge in [-0.05, 0) is 96.7 Å². The van der Waals surface area contributed by atoms with Crippen LogP contribution in [0.3, 0.4) is 0 Å². The van der Waals surface area contributed by atoms with E-state index in [1.807, 2.05) is 19.9 Å². The smallest absolute Gasteiger partial charge is 0.416 e. The second-order valence-corrected chi connectivity index (χ2v) is 18.2. The Morgan fingerprint density at radius 2 is 1.33 bits per heavy atom. The first-order valence-corrected chi connectivity index (χ1v) is 23.4. The standard InChI is InChI=1S/C25H31F3N6O.C23H21ClF3N5O.C2H6/c1-15(2)33-9-11-34(12-10-33)21-13-19-22(30-17(4)31-23(19)32-24(21)35-5)29-14-18-7-6-8-20(16(18)3)25(26,27)28;1-12-30-19(14-9-16(22(11-28)7-8-22)18(24)32-20(14)31-12)29-10-13-5-4-6-15(17(13)25)23(26,27)21(2,3)33;1-2/h6-8,13,15H,9-12,14H2,1-5H3,(H,29,30,31,32);4-6,9,33H,7-8,10H2,1-3H3,(H,29,30,31,32);1-2H3. The number of halogens is 7. The van der Waals surface area contributed by atoms with Crippen molar-refractivity contribution in [2.75, 3.05) is 48.8 Å². The van der Waals surface area contributed by atoms with E-state index in [9.17, 15) is 36.7 Å². The fourth-order valence-electron chi connectivity index (χ4n) is 8.13. The number of ether oxygens (including phenoxy) is 1. The predicted octanol–water partition coefficient (Wildman–Crippen LogP) is 11.0. The van der Waals surface area contributed by atoms with Crippen molar-refractivity contribution in [1.29, 1.82) is 5.26 Å². The summed E-state index contributed by atoms with van der Waals surface area (Å²) in [6, 6.07) is 14.3. The van der Waals surface area contributed by atoms with Gasteiger partial charge in [0.05, 0.1) is 40.5 Å². The van der Waals surface area contributed by atoms with Gasteiger partial charge in [-0.3, -0.25) is 4.90 Å². The summed E-state index contributed by atoms with van der Waals surface area (Å²) in [5.74, 6) is -2.68. The highest BCUT2D eigenvalue weighted by molar-refractivity contribution is 6.30. The minimum Gasteiger partial charge on any atom is -0.479 e. The maximum absolute atomic E-state index is 15.0. The minimum absolute atomic E-state index is 0.0290. The molecular weight excluding hydrogens is 936 g/mol. The maximum Gasteiger partial charge on any atom is 0.416 e. The fraction of sp³-hybridized carbons (Fsp3) is 0.460. The van der Waals surface area contributed by atoms with Crippen molar-refractivity contribution in [3.8, 4) is 11.9 Å². The number of hydrogen-bond acceptors (Lipinski definition) is 13. The lowest BCUT2D eigenvalue weighted by molar-refractivity contribution is -0.170. The number of rotatable bonds is 12. The van der Waals surface area contributed by atoms with Crippen LogP contribution in [-0.2, 0) is 30.6 Å². The molecule has 8 rings (SSSR count). The number of nitrogens with one attached hydrogen (secondary N) is 2. The number of hydrogen-bond donors (Lipinski definition) is 3. The van der Waals surface area contributed by atoms with Crippen molar-refractivity contribution in [1.82, 2.24) is 34.8 Å². The average Bonchev–Trinajstić information content (AvgIpc) is 4.11. The summed E-state index contributed by atoms with van der Waals surface area (Å²) < 4.78 is 89.8. The maximum atomic E-state index is 15.0. The molecule has 6 aromatic rings. The van der Waals surface area contributed by atoms with E-state index in [0.717, 1.165) is 57.8 Å². The highest BCUT2D eigenvalue weighted by Crippen LogP contribution is 2.50. The Kier molecular flexibility index (Phi) is 16.0. The third kappa shape index (κ3) is 11.2. The van der Waals surface area contributed by atoms with E-state index >= 15 is 0 Å². The third-order valence-corrected chi connectivity index (χ3v) is 12.7. The minimum atomic E-state index is -4.40. The average molecular weight is 995 g/mol. The van der Waals surface area contributed by atoms with Gasteiger partial charge in [0.2, 0.25) is 5.88 Å². The van der Waals surface area contributed by atoms with Gasteiger partial charge in [0.1, 0.15) is 45.5 Å². The van der Waals surface area contributed by atoms with Gasteiger partial charge in [-0.2, -0.15) is 32.2 Å². The summed E-state index contributed by atoms with van der Waals surface area (Å²) in [7, 11) is 1.59. The first-order chi connectivity index (χ1) is 33.0. The summed E-state index contributed by atoms with van der Waals surface area (Å²) in [5.41, 5.74) is -1.72. The Morgan fingerprint density at radius 3 is 1.84 bits per heavy atom. The van der Waals surface area contributed by atoms with Crippen LogP contribution in [0, 0.1) is 37.9 Å². The predicted molar refractivity (Wildman–Crippen MR) is 260 cm³/mol. The van der Waals surface area contributed by atoms with Crippen molar-refractivity contribution in [3.63, 3.8) is 0 Å². The van der Waals surface area contributed by atoms with Gasteiger partial charge in [0, 0.05) is 56.4 Å². The SMILES string of the molecule is CC.COc1nc2nc(C)nc(NCc3cccc(C(F)(F)F)c3C)c2cc1N1CCN(C(C)C)CC1.Cc1nc(NCc2cccc(C(F)(F)C(C)(C)O)c2F)c2cc(C3(C#N)CC3)c(Cl)nc2n1. The zero-order chi connectivity index (χ0) is 51.5. The molecule has 1 aliphatic carbocycles. The number of fused-ring (bicyclic) bond motifs is 2. The quantitative estimate of drug-likeness (QED) is 0.0786. The normalized spacial score (nSPS) is 14.9. The number of nitriles is 1. The number of nitrogens with zero attached hydrogens (tertiary/aromatic N) is 9. The van der Waals surface area contributed by atoms with Gasteiger partial charge in [0.15, 0.2) is 11.3 Å². The molecule has 0 bridgehead atoms. The molecule has 0 spiro atoms. The number of aliphatic hydroxyl groups is 1. The number of methoxy groups -OCH3 is 1. The topological polar surface area (TPSA) is 161 Å². The van der Waals surface area contributed by atoms with Crippen molar-refractivity contribution < 1.29 is 36.2 Å². The number of piperazine rings is 1. The second kappa shape index (κ2) is 21.1. The molecular formula is C50H58ClF6N11O2. The molecule has 3 N–H and O–H groups in total. The molecule has 1 saturated carbocycles. The van der Waals surface area contributed by atoms with E-state index in [2.05, 4.69) is 70.3 Å². The molecule has 4 aromatic heterocycles. The number of aromatic nitrogens is 6. The molecule has 2 fully saturated rings. The van der Waals surface area contributed by atoms with Gasteiger partial charge < -0.3 is 25.4 Å². The molecule has 13 nitrogen and oxygen atoms in total. The van der Waals surface area contributed by atoms with Gasteiger partial charge in [0.25, 0.3) is 0 Å². The molecule has 1 saturated heterocycles. The monoisotopic (exact) mass is 993 g/mol. The van der Waals surface area contributed by atoms with E-state index in [4.69, 9.17) is 16.3 Å². The summed E-state index contributed by atoms with van der Waals surface area (Å²) in [6.45, 7) is 18.7. The lowest BCUT2D eigenvalue weighted by Gasteiger charge is -2.38. The van der Waals surface area contributed by atoms with Crippen molar-refractivity contribution in [3.05, 3.63) is 105 Å². The lowest BCUT2D eigenvalue weighted by Crippen LogP contribution is -2.49. The molecule has 374 valence electrons. The second-order valence-electron chi connectivity index (χ2n) is 17.8. The largest absolute Gasteiger partial charge is 0.479 e. The number of benzene rings is 2. The molecule has 0 unspecified atom stereocenters. The Balaban J connectivity index is 0.000000222. The van der Waals surface area contributed by atoms with E-state index in [1.165, 1.54) is 25.1 Å². The van der Waals surface area contributed by atoms with Gasteiger partial charge >= 0.3 is 12.1 Å². The Labute approximate surface area is 408 Å². The zero-order valence-corrected chi connectivity index (χ0v) is 41.6. The van der Waals surface area contributed by atoms with Gasteiger partial charge in [-0.15, -0.1) is 0 Å². The lowest BCUT2D eigenvalue weighted by atomic mass is 9.92. The van der Waals surface area contributed by atoms with E-state index in [1.54, 1.807) is 33.1 Å². The number of anilines is 3. The number of alkyl halides is 5. The number of aryl methyl sites for hydroxylation is 2. The van der Waals surface area contributed by atoms with Crippen molar-refractivity contribution in [2.45, 2.75) is 117 Å². The van der Waals surface area contributed by atoms with Gasteiger partial charge in [-0.1, -0.05) is 49.7 Å². The Hall–Kier alpha value is -6.10. The Morgan fingerprint density at radius 1 is 0.800 bits per heavy atom. The summed E-state index contributed by atoms with van der Waals surface area (Å²) >= 11 is 6.32. The first kappa shape index (κ1) is 53.3. The molecule has 2 aliphatic rings. The van der Waals surface area contributed by atoms with E-state index < -0.39 is 40.1 Å². The van der Waals surface area contributed by atoms with Crippen LogP contribution >= 0.6 is 11.6 Å². The summed E-state index contributed by atoms with van der Waals surface area (Å²) in [4.78, 5) is 31.3. The van der Waals surface area contributed by atoms with Crippen molar-refractivity contribution >= 4 is 51.0 Å². The van der Waals surface area contributed by atoms with Crippen LogP contribution in [0.4, 0.5) is 43.7 Å². The van der Waals surface area contributed by atoms with Crippen LogP contribution < -0.4 is 20.3 Å². The first-order valence-electron chi connectivity index (χ1n) is 23.0. The molecule has 0 amide bonds. The highest BCUT2D eigenvalue weighted by Gasteiger charge is 2.49. The zero-order valence-electron chi connectivity index (χ0n) is 40.9. The summed E-state index contributed by atoms with van der Waals surface area (Å²) in [5, 5.41) is 26.9. The van der Waals surface area contributed by atoms with E-state index in [0.29, 0.717) is 81.2 Å². The molecule has 5 heterocycles. The van der Waals surface area contributed by atoms with Gasteiger partial charge in [-0.25, -0.2) is 29.3 Å². The summed E-state index contributed by atoms with van der Waals surface area (Å²) in [6.07, 6.45) is -3.06. The highest BCUT2D eigenvalue weighted by atomic mass is 35.5.